The van der Waals surface area contributed by atoms with Crippen LogP contribution in [0.1, 0.15) is 37.0 Å². The molecule has 0 aliphatic rings. The first-order valence-electron chi connectivity index (χ1n) is 5.13. The van der Waals surface area contributed by atoms with Gasteiger partial charge in [0, 0.05) is 16.2 Å². The first kappa shape index (κ1) is 14.2. The maximum atomic E-state index is 12.0. The molecule has 1 unspecified atom stereocenters. The van der Waals surface area contributed by atoms with Crippen molar-refractivity contribution in [1.82, 2.24) is 5.32 Å². The van der Waals surface area contributed by atoms with Crippen LogP contribution in [-0.2, 0) is 0 Å². The minimum atomic E-state index is -0.130. The van der Waals surface area contributed by atoms with Crippen LogP contribution in [0.25, 0.3) is 0 Å². The smallest absolute Gasteiger partial charge is 0.252 e. The van der Waals surface area contributed by atoms with Crippen LogP contribution in [0.3, 0.4) is 0 Å². The minimum Gasteiger partial charge on any atom is -0.347 e. The number of thiophene rings is 1. The number of hydrogen-bond donors (Lipinski definition) is 1. The normalized spacial score (nSPS) is 14.5. The quantitative estimate of drug-likeness (QED) is 0.775. The van der Waals surface area contributed by atoms with Gasteiger partial charge in [-0.15, -0.1) is 11.3 Å². The third kappa shape index (κ3) is 3.86. The lowest BCUT2D eigenvalue weighted by molar-refractivity contribution is 0.0902. The van der Waals surface area contributed by atoms with Crippen molar-refractivity contribution in [3.8, 4) is 0 Å². The molecule has 0 aromatic carbocycles. The molecule has 0 bridgehead atoms. The molecule has 1 aromatic heterocycles. The second-order valence-corrected chi connectivity index (χ2v) is 7.03. The molecule has 1 N–H and O–H groups in total. The van der Waals surface area contributed by atoms with Crippen LogP contribution < -0.4 is 5.32 Å². The Labute approximate surface area is 117 Å². The Balaban J connectivity index is 2.69. The van der Waals surface area contributed by atoms with E-state index >= 15 is 0 Å². The second-order valence-electron chi connectivity index (χ2n) is 3.95. The van der Waals surface area contributed by atoms with Gasteiger partial charge < -0.3 is 5.32 Å². The zero-order valence-electron chi connectivity index (χ0n) is 9.35. The Morgan fingerprint density at radius 3 is 2.75 bits per heavy atom. The lowest BCUT2D eigenvalue weighted by Gasteiger charge is -2.28. The molecule has 2 nitrogen and oxygen atoms in total. The van der Waals surface area contributed by atoms with E-state index in [0.717, 1.165) is 27.5 Å². The third-order valence-corrected chi connectivity index (χ3v) is 4.57. The van der Waals surface area contributed by atoms with Crippen molar-refractivity contribution in [2.45, 2.75) is 32.2 Å². The number of nitrogens with one attached hydrogen (secondary N) is 1. The fourth-order valence-electron chi connectivity index (χ4n) is 1.31. The molecular weight excluding hydrogens is 354 g/mol. The van der Waals surface area contributed by atoms with Gasteiger partial charge in [0.1, 0.15) is 0 Å². The van der Waals surface area contributed by atoms with Crippen molar-refractivity contribution in [2.24, 2.45) is 0 Å². The van der Waals surface area contributed by atoms with Gasteiger partial charge in [-0.1, -0.05) is 22.9 Å². The molecule has 0 radical (unpaired) electrons. The summed E-state index contributed by atoms with van der Waals surface area (Å²) in [6, 6.07) is 1.85. The number of halogens is 2. The maximum absolute atomic E-state index is 12.0. The van der Waals surface area contributed by atoms with Crippen LogP contribution in [0.4, 0.5) is 0 Å². The highest BCUT2D eigenvalue weighted by atomic mass is 79.9. The van der Waals surface area contributed by atoms with Crippen molar-refractivity contribution in [3.63, 3.8) is 0 Å². The molecule has 1 atom stereocenters. The number of alkyl halides is 1. The predicted molar refractivity (Wildman–Crippen MR) is 76.6 cm³/mol. The van der Waals surface area contributed by atoms with Gasteiger partial charge in [0.15, 0.2) is 0 Å². The van der Waals surface area contributed by atoms with E-state index in [1.54, 1.807) is 0 Å². The van der Waals surface area contributed by atoms with Gasteiger partial charge in [-0.05, 0) is 41.8 Å². The summed E-state index contributed by atoms with van der Waals surface area (Å²) in [5.74, 6) is 0.00671. The monoisotopic (exact) mass is 367 g/mol. The van der Waals surface area contributed by atoms with Gasteiger partial charge in [-0.25, -0.2) is 0 Å². The number of carbonyl (C=O) groups is 1. The summed E-state index contributed by atoms with van der Waals surface area (Å²) >= 11 is 8.30. The van der Waals surface area contributed by atoms with Crippen molar-refractivity contribution < 1.29 is 4.79 Å². The summed E-state index contributed by atoms with van der Waals surface area (Å²) in [5, 5.41) is 5.85. The number of rotatable bonds is 5. The average molecular weight is 369 g/mol. The molecule has 90 valence electrons. The van der Waals surface area contributed by atoms with Crippen LogP contribution in [0.2, 0.25) is 0 Å². The molecule has 0 aliphatic carbocycles. The summed E-state index contributed by atoms with van der Waals surface area (Å²) in [4.78, 5) is 12.0. The fraction of sp³-hybridized carbons (Fsp3) is 0.545. The van der Waals surface area contributed by atoms with E-state index in [1.165, 1.54) is 11.3 Å². The summed E-state index contributed by atoms with van der Waals surface area (Å²) in [5.41, 5.74) is 0.598. The largest absolute Gasteiger partial charge is 0.347 e. The van der Waals surface area contributed by atoms with Crippen molar-refractivity contribution in [2.75, 3.05) is 5.33 Å². The Morgan fingerprint density at radius 1 is 1.62 bits per heavy atom. The van der Waals surface area contributed by atoms with Crippen LogP contribution in [0, 0.1) is 0 Å². The Kier molecular flexibility index (Phi) is 5.47. The topological polar surface area (TPSA) is 29.1 Å². The lowest BCUT2D eigenvalue weighted by atomic mass is 9.95. The molecule has 5 heteroatoms. The first-order valence-corrected chi connectivity index (χ1v) is 7.92. The minimum absolute atomic E-state index is 0.00671. The SMILES string of the molecule is CCC(C)(CCBr)NC(=O)c1csc(Br)c1. The van der Waals surface area contributed by atoms with E-state index in [0.29, 0.717) is 0 Å². The molecule has 0 spiro atoms. The van der Waals surface area contributed by atoms with Crippen molar-refractivity contribution in [1.29, 1.82) is 0 Å². The molecule has 0 saturated carbocycles. The van der Waals surface area contributed by atoms with Gasteiger partial charge in [0.2, 0.25) is 0 Å². The highest BCUT2D eigenvalue weighted by molar-refractivity contribution is 9.11. The standard InChI is InChI=1S/C11H15Br2NOS/c1-3-11(2,4-5-12)14-10(15)8-6-9(13)16-7-8/h6-7H,3-5H2,1-2H3,(H,14,15). The molecule has 16 heavy (non-hydrogen) atoms. The van der Waals surface area contributed by atoms with Crippen LogP contribution >= 0.6 is 43.2 Å². The molecule has 1 amide bonds. The Hall–Kier alpha value is 0.130. The van der Waals surface area contributed by atoms with E-state index < -0.39 is 0 Å². The van der Waals surface area contributed by atoms with E-state index in [4.69, 9.17) is 0 Å². The van der Waals surface area contributed by atoms with E-state index in [-0.39, 0.29) is 11.4 Å². The molecule has 0 fully saturated rings. The molecule has 0 saturated heterocycles. The molecule has 1 aromatic rings. The van der Waals surface area contributed by atoms with Gasteiger partial charge >= 0.3 is 0 Å². The van der Waals surface area contributed by atoms with E-state index in [9.17, 15) is 4.79 Å². The van der Waals surface area contributed by atoms with Crippen molar-refractivity contribution in [3.05, 3.63) is 20.8 Å². The molecule has 1 heterocycles. The van der Waals surface area contributed by atoms with Crippen molar-refractivity contribution >= 4 is 49.1 Å². The predicted octanol–water partition coefficient (Wildman–Crippen LogP) is 4.19. The summed E-state index contributed by atoms with van der Waals surface area (Å²) in [7, 11) is 0. The average Bonchev–Trinajstić information content (AvgIpc) is 2.65. The summed E-state index contributed by atoms with van der Waals surface area (Å²) < 4.78 is 0.983. The van der Waals surface area contributed by atoms with Gasteiger partial charge in [0.05, 0.1) is 9.35 Å². The zero-order valence-corrected chi connectivity index (χ0v) is 13.3. The zero-order chi connectivity index (χ0) is 12.2. The summed E-state index contributed by atoms with van der Waals surface area (Å²) in [6.45, 7) is 4.17. The Morgan fingerprint density at radius 2 is 2.31 bits per heavy atom. The molecule has 0 aliphatic heterocycles. The highest BCUT2D eigenvalue weighted by Gasteiger charge is 2.24. The maximum Gasteiger partial charge on any atom is 0.252 e. The second kappa shape index (κ2) is 6.17. The Bertz CT molecular complexity index is 367. The number of amides is 1. The van der Waals surface area contributed by atoms with Crippen LogP contribution in [-0.4, -0.2) is 16.8 Å². The van der Waals surface area contributed by atoms with Gasteiger partial charge in [0.25, 0.3) is 5.91 Å². The van der Waals surface area contributed by atoms with Crippen LogP contribution in [0.15, 0.2) is 15.2 Å². The summed E-state index contributed by atoms with van der Waals surface area (Å²) in [6.07, 6.45) is 1.86. The number of carbonyl (C=O) groups excluding carboxylic acids is 1. The first-order chi connectivity index (χ1) is 7.50. The van der Waals surface area contributed by atoms with Gasteiger partial charge in [-0.2, -0.15) is 0 Å². The van der Waals surface area contributed by atoms with Crippen LogP contribution in [0.5, 0.6) is 0 Å². The third-order valence-electron chi connectivity index (χ3n) is 2.67. The highest BCUT2D eigenvalue weighted by Crippen LogP contribution is 2.22. The number of hydrogen-bond acceptors (Lipinski definition) is 2. The molecular formula is C11H15Br2NOS. The fourth-order valence-corrected chi connectivity index (χ4v) is 3.32. The van der Waals surface area contributed by atoms with E-state index in [2.05, 4.69) is 51.0 Å². The van der Waals surface area contributed by atoms with E-state index in [1.807, 2.05) is 11.4 Å². The molecule has 1 rings (SSSR count). The lowest BCUT2D eigenvalue weighted by Crippen LogP contribution is -2.45. The van der Waals surface area contributed by atoms with Gasteiger partial charge in [-0.3, -0.25) is 4.79 Å².